The predicted molar refractivity (Wildman–Crippen MR) is 76.0 cm³/mol. The molecule has 0 spiro atoms. The molecule has 1 fully saturated rings. The number of nitrogens with zero attached hydrogens (tertiary/aromatic N) is 1. The van der Waals surface area contributed by atoms with E-state index in [9.17, 15) is 0 Å². The van der Waals surface area contributed by atoms with E-state index in [-0.39, 0.29) is 0 Å². The summed E-state index contributed by atoms with van der Waals surface area (Å²) in [5.74, 6) is 0. The van der Waals surface area contributed by atoms with E-state index in [0.717, 1.165) is 6.54 Å². The summed E-state index contributed by atoms with van der Waals surface area (Å²) in [5, 5.41) is 0. The second-order valence-electron chi connectivity index (χ2n) is 4.82. The normalized spacial score (nSPS) is 23.6. The van der Waals surface area contributed by atoms with Crippen LogP contribution in [0, 0.1) is 0 Å². The molecule has 0 radical (unpaired) electrons. The van der Waals surface area contributed by atoms with Crippen LogP contribution >= 0.6 is 15.9 Å². The van der Waals surface area contributed by atoms with Crippen molar-refractivity contribution in [2.45, 2.75) is 38.3 Å². The lowest BCUT2D eigenvalue weighted by atomic mass is 9.97. The molecule has 1 aliphatic rings. The van der Waals surface area contributed by atoms with Crippen molar-refractivity contribution in [1.82, 2.24) is 4.90 Å². The number of hydrogen-bond acceptors (Lipinski definition) is 2. The molecular formula is C14H21BrN2. The van der Waals surface area contributed by atoms with E-state index in [4.69, 9.17) is 5.73 Å². The molecule has 2 atom stereocenters. The molecule has 0 bridgehead atoms. The van der Waals surface area contributed by atoms with E-state index in [2.05, 4.69) is 52.0 Å². The fraction of sp³-hybridized carbons (Fsp3) is 0.571. The summed E-state index contributed by atoms with van der Waals surface area (Å²) in [6.45, 7) is 4.23. The molecule has 0 aliphatic carbocycles. The second-order valence-corrected chi connectivity index (χ2v) is 5.67. The van der Waals surface area contributed by atoms with Crippen molar-refractivity contribution >= 4 is 15.9 Å². The van der Waals surface area contributed by atoms with Crippen LogP contribution in [0.4, 0.5) is 0 Å². The van der Waals surface area contributed by atoms with Gasteiger partial charge in [0.15, 0.2) is 0 Å². The molecule has 2 rings (SSSR count). The summed E-state index contributed by atoms with van der Waals surface area (Å²) in [5.41, 5.74) is 7.26. The Morgan fingerprint density at radius 1 is 1.41 bits per heavy atom. The number of likely N-dealkylation sites (tertiary alicyclic amines) is 1. The van der Waals surface area contributed by atoms with Crippen LogP contribution in [0.25, 0.3) is 0 Å². The van der Waals surface area contributed by atoms with Crippen molar-refractivity contribution < 1.29 is 0 Å². The lowest BCUT2D eigenvalue weighted by molar-refractivity contribution is 0.107. The Morgan fingerprint density at radius 3 is 2.88 bits per heavy atom. The Balaban J connectivity index is 2.18. The van der Waals surface area contributed by atoms with Crippen molar-refractivity contribution in [3.8, 4) is 0 Å². The van der Waals surface area contributed by atoms with Crippen molar-refractivity contribution in [2.75, 3.05) is 13.1 Å². The molecule has 1 aromatic carbocycles. The van der Waals surface area contributed by atoms with Crippen LogP contribution in [0.5, 0.6) is 0 Å². The fourth-order valence-corrected chi connectivity index (χ4v) is 3.39. The summed E-state index contributed by atoms with van der Waals surface area (Å²) in [6, 6.07) is 9.49. The van der Waals surface area contributed by atoms with Gasteiger partial charge in [0.1, 0.15) is 0 Å². The van der Waals surface area contributed by atoms with Gasteiger partial charge in [-0.25, -0.2) is 0 Å². The minimum absolute atomic E-state index is 0.444. The van der Waals surface area contributed by atoms with E-state index in [1.807, 2.05) is 0 Å². The molecule has 0 saturated carbocycles. The summed E-state index contributed by atoms with van der Waals surface area (Å²) in [7, 11) is 0. The average molecular weight is 297 g/mol. The highest BCUT2D eigenvalue weighted by atomic mass is 79.9. The second kappa shape index (κ2) is 5.98. The molecule has 2 nitrogen and oxygen atoms in total. The van der Waals surface area contributed by atoms with Gasteiger partial charge in [0.25, 0.3) is 0 Å². The molecule has 3 heteroatoms. The van der Waals surface area contributed by atoms with Crippen molar-refractivity contribution in [2.24, 2.45) is 5.73 Å². The number of halogens is 1. The molecular weight excluding hydrogens is 276 g/mol. The topological polar surface area (TPSA) is 29.3 Å². The highest BCUT2D eigenvalue weighted by Crippen LogP contribution is 2.31. The van der Waals surface area contributed by atoms with Gasteiger partial charge in [0, 0.05) is 23.1 Å². The van der Waals surface area contributed by atoms with E-state index < -0.39 is 0 Å². The molecule has 2 N–H and O–H groups in total. The van der Waals surface area contributed by atoms with Crippen molar-refractivity contribution in [3.05, 3.63) is 34.3 Å². The summed E-state index contributed by atoms with van der Waals surface area (Å²) in [6.07, 6.45) is 3.86. The fourth-order valence-electron chi connectivity index (χ4n) is 2.78. The number of benzene rings is 1. The molecule has 0 aromatic heterocycles. The van der Waals surface area contributed by atoms with Crippen LogP contribution in [0.15, 0.2) is 28.7 Å². The molecule has 0 amide bonds. The van der Waals surface area contributed by atoms with E-state index in [1.54, 1.807) is 0 Å². The zero-order valence-electron chi connectivity index (χ0n) is 10.4. The minimum atomic E-state index is 0.444. The largest absolute Gasteiger partial charge is 0.329 e. The Kier molecular flexibility index (Phi) is 4.60. The van der Waals surface area contributed by atoms with Gasteiger partial charge in [-0.2, -0.15) is 0 Å². The highest BCUT2D eigenvalue weighted by Gasteiger charge is 2.26. The average Bonchev–Trinajstić information content (AvgIpc) is 2.38. The van der Waals surface area contributed by atoms with Crippen molar-refractivity contribution in [1.29, 1.82) is 0 Å². The van der Waals surface area contributed by atoms with E-state index >= 15 is 0 Å². The summed E-state index contributed by atoms with van der Waals surface area (Å²) < 4.78 is 1.20. The molecule has 1 saturated heterocycles. The molecule has 1 heterocycles. The maximum absolute atomic E-state index is 5.89. The van der Waals surface area contributed by atoms with Gasteiger partial charge in [-0.05, 0) is 37.9 Å². The number of nitrogens with two attached hydrogens (primary N) is 1. The zero-order chi connectivity index (χ0) is 12.3. The third-order valence-corrected chi connectivity index (χ3v) is 4.52. The Bertz CT molecular complexity index is 367. The number of piperidine rings is 1. The summed E-state index contributed by atoms with van der Waals surface area (Å²) in [4.78, 5) is 2.56. The Labute approximate surface area is 112 Å². The van der Waals surface area contributed by atoms with Gasteiger partial charge < -0.3 is 5.73 Å². The standard InChI is InChI=1S/C14H21BrN2/c1-11(13-7-2-3-8-14(13)15)17-9-5-4-6-12(17)10-16/h2-3,7-8,11-12H,4-6,9-10,16H2,1H3. The third-order valence-electron chi connectivity index (χ3n) is 3.80. The smallest absolute Gasteiger partial charge is 0.0334 e. The molecule has 2 unspecified atom stereocenters. The lowest BCUT2D eigenvalue weighted by Crippen LogP contribution is -2.45. The minimum Gasteiger partial charge on any atom is -0.329 e. The first kappa shape index (κ1) is 13.1. The van der Waals surface area contributed by atoms with Crippen LogP contribution in [-0.2, 0) is 0 Å². The molecule has 1 aromatic rings. The van der Waals surface area contributed by atoms with Gasteiger partial charge in [0.05, 0.1) is 0 Å². The Morgan fingerprint density at radius 2 is 2.18 bits per heavy atom. The number of hydrogen-bond donors (Lipinski definition) is 1. The van der Waals surface area contributed by atoms with Crippen LogP contribution < -0.4 is 5.73 Å². The zero-order valence-corrected chi connectivity index (χ0v) is 12.0. The van der Waals surface area contributed by atoms with Crippen LogP contribution in [0.3, 0.4) is 0 Å². The van der Waals surface area contributed by atoms with Gasteiger partial charge in [-0.15, -0.1) is 0 Å². The van der Waals surface area contributed by atoms with Crippen molar-refractivity contribution in [3.63, 3.8) is 0 Å². The van der Waals surface area contributed by atoms with Gasteiger partial charge in [-0.3, -0.25) is 4.90 Å². The Hall–Kier alpha value is -0.380. The van der Waals surface area contributed by atoms with Crippen LogP contribution in [0.1, 0.15) is 37.8 Å². The molecule has 1 aliphatic heterocycles. The maximum atomic E-state index is 5.89. The molecule has 17 heavy (non-hydrogen) atoms. The third kappa shape index (κ3) is 2.90. The van der Waals surface area contributed by atoms with Gasteiger partial charge in [-0.1, -0.05) is 40.5 Å². The first-order valence-electron chi connectivity index (χ1n) is 6.44. The first-order chi connectivity index (χ1) is 8.24. The van der Waals surface area contributed by atoms with Gasteiger partial charge in [0.2, 0.25) is 0 Å². The SMILES string of the molecule is CC(c1ccccc1Br)N1CCCCC1CN. The molecule has 94 valence electrons. The quantitative estimate of drug-likeness (QED) is 0.927. The van der Waals surface area contributed by atoms with Crippen LogP contribution in [0.2, 0.25) is 0 Å². The van der Waals surface area contributed by atoms with Crippen LogP contribution in [-0.4, -0.2) is 24.0 Å². The summed E-state index contributed by atoms with van der Waals surface area (Å²) >= 11 is 3.65. The van der Waals surface area contributed by atoms with E-state index in [0.29, 0.717) is 12.1 Å². The monoisotopic (exact) mass is 296 g/mol. The highest BCUT2D eigenvalue weighted by molar-refractivity contribution is 9.10. The van der Waals surface area contributed by atoms with E-state index in [1.165, 1.54) is 35.8 Å². The first-order valence-corrected chi connectivity index (χ1v) is 7.23. The lowest BCUT2D eigenvalue weighted by Gasteiger charge is -2.39. The van der Waals surface area contributed by atoms with Gasteiger partial charge >= 0.3 is 0 Å². The number of rotatable bonds is 3. The predicted octanol–water partition coefficient (Wildman–Crippen LogP) is 3.32. The maximum Gasteiger partial charge on any atom is 0.0334 e.